The van der Waals surface area contributed by atoms with E-state index in [1.54, 1.807) is 0 Å². The third kappa shape index (κ3) is 3.63. The van der Waals surface area contributed by atoms with Gasteiger partial charge in [0.15, 0.2) is 0 Å². The Morgan fingerprint density at radius 2 is 2.00 bits per heavy atom. The van der Waals surface area contributed by atoms with Crippen molar-refractivity contribution in [2.45, 2.75) is 12.8 Å². The van der Waals surface area contributed by atoms with E-state index in [-0.39, 0.29) is 11.5 Å². The molecule has 1 aromatic rings. The molecule has 0 amide bonds. The molecule has 7 heteroatoms. The molecule has 0 aliphatic rings. The fraction of sp³-hybridized carbons (Fsp3) is 0.636. The minimum absolute atomic E-state index is 0.163. The Morgan fingerprint density at radius 3 is 2.61 bits per heavy atom. The average Bonchev–Trinajstić information content (AvgIpc) is 2.29. The zero-order chi connectivity index (χ0) is 13.7. The summed E-state index contributed by atoms with van der Waals surface area (Å²) < 4.78 is 1.21. The monoisotopic (exact) mass is 255 g/mol. The van der Waals surface area contributed by atoms with E-state index in [1.807, 2.05) is 14.1 Å². The molecule has 0 aliphatic heterocycles. The topological polar surface area (TPSA) is 96.2 Å². The number of aromatic amines is 1. The third-order valence-electron chi connectivity index (χ3n) is 2.70. The van der Waals surface area contributed by atoms with Crippen LogP contribution in [0.4, 0.5) is 11.5 Å². The van der Waals surface area contributed by atoms with Gasteiger partial charge in [0.1, 0.15) is 11.5 Å². The minimum Gasteiger partial charge on any atom is -0.383 e. The largest absolute Gasteiger partial charge is 0.383 e. The Labute approximate surface area is 106 Å². The van der Waals surface area contributed by atoms with Gasteiger partial charge in [-0.15, -0.1) is 0 Å². The molecule has 102 valence electrons. The molecule has 0 spiro atoms. The molecule has 0 aromatic carbocycles. The van der Waals surface area contributed by atoms with Crippen LogP contribution in [0.2, 0.25) is 0 Å². The van der Waals surface area contributed by atoms with Gasteiger partial charge in [-0.25, -0.2) is 4.79 Å². The third-order valence-corrected chi connectivity index (χ3v) is 2.70. The number of nitrogens with one attached hydrogen (secondary N) is 2. The number of nitrogens with zero attached hydrogens (tertiary/aromatic N) is 2. The van der Waals surface area contributed by atoms with Gasteiger partial charge in [-0.1, -0.05) is 0 Å². The van der Waals surface area contributed by atoms with Crippen LogP contribution in [0.1, 0.15) is 12.8 Å². The van der Waals surface area contributed by atoms with Crippen molar-refractivity contribution < 1.29 is 0 Å². The predicted molar refractivity (Wildman–Crippen MR) is 73.0 cm³/mol. The molecule has 0 saturated heterocycles. The summed E-state index contributed by atoms with van der Waals surface area (Å²) in [4.78, 5) is 27.1. The number of unbranched alkanes of at least 4 members (excludes halogenated alkanes) is 1. The number of rotatable bonds is 6. The van der Waals surface area contributed by atoms with Crippen LogP contribution in [0.5, 0.6) is 0 Å². The molecule has 7 nitrogen and oxygen atoms in total. The van der Waals surface area contributed by atoms with Gasteiger partial charge in [-0.05, 0) is 33.5 Å². The van der Waals surface area contributed by atoms with Crippen molar-refractivity contribution in [2.24, 2.45) is 7.05 Å². The van der Waals surface area contributed by atoms with Crippen LogP contribution >= 0.6 is 0 Å². The fourth-order valence-corrected chi connectivity index (χ4v) is 1.57. The zero-order valence-corrected chi connectivity index (χ0v) is 11.1. The van der Waals surface area contributed by atoms with Gasteiger partial charge in [0.25, 0.3) is 5.56 Å². The second kappa shape index (κ2) is 6.25. The van der Waals surface area contributed by atoms with Gasteiger partial charge in [-0.3, -0.25) is 14.3 Å². The Hall–Kier alpha value is -1.76. The molecule has 0 aliphatic carbocycles. The molecular weight excluding hydrogens is 234 g/mol. The highest BCUT2D eigenvalue weighted by Crippen LogP contribution is 2.08. The molecule has 4 N–H and O–H groups in total. The van der Waals surface area contributed by atoms with Crippen molar-refractivity contribution in [3.05, 3.63) is 20.8 Å². The average molecular weight is 255 g/mol. The molecule has 0 fully saturated rings. The first-order valence-electron chi connectivity index (χ1n) is 5.91. The Kier molecular flexibility index (Phi) is 4.96. The van der Waals surface area contributed by atoms with Crippen molar-refractivity contribution in [1.29, 1.82) is 0 Å². The molecule has 0 atom stereocenters. The second-order valence-electron chi connectivity index (χ2n) is 4.52. The summed E-state index contributed by atoms with van der Waals surface area (Å²) >= 11 is 0. The minimum atomic E-state index is -0.504. The van der Waals surface area contributed by atoms with Crippen molar-refractivity contribution in [2.75, 3.05) is 38.2 Å². The lowest BCUT2D eigenvalue weighted by Gasteiger charge is -2.12. The summed E-state index contributed by atoms with van der Waals surface area (Å²) in [6.45, 7) is 1.65. The highest BCUT2D eigenvalue weighted by atomic mass is 16.2. The number of aromatic nitrogens is 2. The zero-order valence-electron chi connectivity index (χ0n) is 11.1. The van der Waals surface area contributed by atoms with Gasteiger partial charge in [-0.2, -0.15) is 0 Å². The lowest BCUT2D eigenvalue weighted by atomic mass is 10.3. The first-order chi connectivity index (χ1) is 8.43. The van der Waals surface area contributed by atoms with E-state index in [0.717, 1.165) is 19.4 Å². The smallest absolute Gasteiger partial charge is 0.329 e. The first-order valence-corrected chi connectivity index (χ1v) is 5.91. The predicted octanol–water partition coefficient (Wildman–Crippen LogP) is -0.590. The van der Waals surface area contributed by atoms with Crippen molar-refractivity contribution in [3.8, 4) is 0 Å². The quantitative estimate of drug-likeness (QED) is 0.590. The maximum atomic E-state index is 11.6. The van der Waals surface area contributed by atoms with E-state index in [2.05, 4.69) is 15.2 Å². The second-order valence-corrected chi connectivity index (χ2v) is 4.52. The summed E-state index contributed by atoms with van der Waals surface area (Å²) in [5.41, 5.74) is 5.01. The number of hydrogen-bond acceptors (Lipinski definition) is 5. The summed E-state index contributed by atoms with van der Waals surface area (Å²) in [5, 5.41) is 2.98. The van der Waals surface area contributed by atoms with Crippen LogP contribution in [-0.2, 0) is 7.05 Å². The fourth-order valence-electron chi connectivity index (χ4n) is 1.57. The molecular formula is C11H21N5O2. The Bertz CT molecular complexity index is 503. The maximum Gasteiger partial charge on any atom is 0.329 e. The van der Waals surface area contributed by atoms with E-state index in [0.29, 0.717) is 6.54 Å². The molecule has 1 aromatic heterocycles. The van der Waals surface area contributed by atoms with Crippen LogP contribution in [0.15, 0.2) is 9.59 Å². The van der Waals surface area contributed by atoms with Crippen molar-refractivity contribution >= 4 is 11.5 Å². The van der Waals surface area contributed by atoms with Crippen LogP contribution in [0, 0.1) is 0 Å². The lowest BCUT2D eigenvalue weighted by Crippen LogP contribution is -2.32. The van der Waals surface area contributed by atoms with Crippen molar-refractivity contribution in [1.82, 2.24) is 14.5 Å². The number of anilines is 2. The Balaban J connectivity index is 2.61. The molecule has 0 saturated carbocycles. The van der Waals surface area contributed by atoms with Gasteiger partial charge >= 0.3 is 5.69 Å². The van der Waals surface area contributed by atoms with Gasteiger partial charge in [0.2, 0.25) is 0 Å². The molecule has 1 heterocycles. The van der Waals surface area contributed by atoms with Crippen LogP contribution in [0.25, 0.3) is 0 Å². The first kappa shape index (κ1) is 14.3. The number of nitrogen functional groups attached to an aromatic ring is 1. The van der Waals surface area contributed by atoms with E-state index >= 15 is 0 Å². The van der Waals surface area contributed by atoms with Gasteiger partial charge in [0.05, 0.1) is 0 Å². The van der Waals surface area contributed by atoms with Crippen LogP contribution in [-0.4, -0.2) is 41.6 Å². The standard InChI is InChI=1S/C11H21N5O2/c1-15(2)7-5-4-6-13-8-9(12)16(3)11(18)14-10(8)17/h13H,4-7,12H2,1-3H3,(H,14,17,18). The van der Waals surface area contributed by atoms with E-state index < -0.39 is 11.2 Å². The van der Waals surface area contributed by atoms with Crippen molar-refractivity contribution in [3.63, 3.8) is 0 Å². The van der Waals surface area contributed by atoms with Gasteiger partial charge in [0, 0.05) is 13.6 Å². The highest BCUT2D eigenvalue weighted by molar-refractivity contribution is 5.60. The normalized spacial score (nSPS) is 10.9. The number of H-pyrrole nitrogens is 1. The summed E-state index contributed by atoms with van der Waals surface area (Å²) in [7, 11) is 5.55. The van der Waals surface area contributed by atoms with E-state index in [4.69, 9.17) is 5.73 Å². The summed E-state index contributed by atoms with van der Waals surface area (Å²) in [6.07, 6.45) is 1.96. The molecule has 0 radical (unpaired) electrons. The molecule has 0 unspecified atom stereocenters. The molecule has 0 bridgehead atoms. The molecule has 18 heavy (non-hydrogen) atoms. The summed E-state index contributed by atoms with van der Waals surface area (Å²) in [5.74, 6) is 0.163. The Morgan fingerprint density at radius 1 is 1.33 bits per heavy atom. The van der Waals surface area contributed by atoms with Crippen LogP contribution < -0.4 is 22.3 Å². The lowest BCUT2D eigenvalue weighted by molar-refractivity contribution is 0.396. The SMILES string of the molecule is CN(C)CCCCNc1c(N)n(C)c(=O)[nH]c1=O. The molecule has 1 rings (SSSR count). The highest BCUT2D eigenvalue weighted by Gasteiger charge is 2.08. The maximum absolute atomic E-state index is 11.6. The van der Waals surface area contributed by atoms with E-state index in [1.165, 1.54) is 11.6 Å². The number of nitrogens with two attached hydrogens (primary N) is 1. The van der Waals surface area contributed by atoms with Gasteiger partial charge < -0.3 is 16.0 Å². The summed E-state index contributed by atoms with van der Waals surface area (Å²) in [6, 6.07) is 0. The number of hydrogen-bond donors (Lipinski definition) is 3. The van der Waals surface area contributed by atoms with E-state index in [9.17, 15) is 9.59 Å². The van der Waals surface area contributed by atoms with Crippen LogP contribution in [0.3, 0.4) is 0 Å².